The van der Waals surface area contributed by atoms with Crippen LogP contribution in [0, 0.1) is 11.3 Å². The topological polar surface area (TPSA) is 79.2 Å². The molecule has 0 aliphatic heterocycles. The summed E-state index contributed by atoms with van der Waals surface area (Å²) in [6.45, 7) is 6.86. The number of carbonyl (C=O) groups is 2. The van der Waals surface area contributed by atoms with Crippen LogP contribution in [0.4, 0.5) is 0 Å². The van der Waals surface area contributed by atoms with E-state index >= 15 is 0 Å². The number of rotatable bonds is 3. The number of nitrogens with one attached hydrogen (secondary N) is 1. The van der Waals surface area contributed by atoms with Crippen molar-refractivity contribution in [3.63, 3.8) is 0 Å². The Morgan fingerprint density at radius 2 is 1.80 bits per heavy atom. The maximum atomic E-state index is 11.9. The lowest BCUT2D eigenvalue weighted by Crippen LogP contribution is -2.42. The summed E-state index contributed by atoms with van der Waals surface area (Å²) in [6, 6.07) is 7.41. The molecule has 1 N–H and O–H groups in total. The zero-order chi connectivity index (χ0) is 15.3. The number of nitriles is 1. The van der Waals surface area contributed by atoms with Gasteiger partial charge in [0.2, 0.25) is 0 Å². The second-order valence-electron chi connectivity index (χ2n) is 5.42. The summed E-state index contributed by atoms with van der Waals surface area (Å²) in [5.41, 5.74) is 0.269. The third-order valence-corrected chi connectivity index (χ3v) is 2.38. The van der Waals surface area contributed by atoms with Gasteiger partial charge in [-0.3, -0.25) is 4.79 Å². The van der Waals surface area contributed by atoms with Crippen LogP contribution < -0.4 is 5.32 Å². The molecule has 1 aromatic carbocycles. The van der Waals surface area contributed by atoms with Gasteiger partial charge in [-0.05, 0) is 52.0 Å². The van der Waals surface area contributed by atoms with E-state index in [0.717, 1.165) is 0 Å². The summed E-state index contributed by atoms with van der Waals surface area (Å²) in [5, 5.41) is 11.2. The van der Waals surface area contributed by atoms with Crippen LogP contribution in [0.5, 0.6) is 0 Å². The quantitative estimate of drug-likeness (QED) is 0.855. The second-order valence-corrected chi connectivity index (χ2v) is 5.42. The highest BCUT2D eigenvalue weighted by atomic mass is 16.6. The van der Waals surface area contributed by atoms with Gasteiger partial charge in [0.15, 0.2) is 0 Å². The zero-order valence-corrected chi connectivity index (χ0v) is 12.1. The number of amides is 1. The summed E-state index contributed by atoms with van der Waals surface area (Å²) in [7, 11) is 0. The number of hydrogen-bond donors (Lipinski definition) is 1. The zero-order valence-electron chi connectivity index (χ0n) is 12.1. The van der Waals surface area contributed by atoms with Crippen LogP contribution in [-0.2, 0) is 9.53 Å². The van der Waals surface area contributed by atoms with Gasteiger partial charge in [0.05, 0.1) is 11.6 Å². The van der Waals surface area contributed by atoms with Crippen molar-refractivity contribution in [2.24, 2.45) is 0 Å². The van der Waals surface area contributed by atoms with Gasteiger partial charge in [-0.15, -0.1) is 0 Å². The van der Waals surface area contributed by atoms with Crippen LogP contribution in [-0.4, -0.2) is 23.5 Å². The van der Waals surface area contributed by atoms with Gasteiger partial charge in [-0.25, -0.2) is 4.79 Å². The molecule has 5 nitrogen and oxygen atoms in total. The van der Waals surface area contributed by atoms with Crippen molar-refractivity contribution in [1.82, 2.24) is 5.32 Å². The molecule has 0 saturated carbocycles. The summed E-state index contributed by atoms with van der Waals surface area (Å²) in [5.74, 6) is -0.868. The van der Waals surface area contributed by atoms with E-state index in [0.29, 0.717) is 11.1 Å². The summed E-state index contributed by atoms with van der Waals surface area (Å²) in [6.07, 6.45) is 0. The molecule has 0 aliphatic carbocycles. The molecule has 0 saturated heterocycles. The molecule has 5 heteroatoms. The predicted molar refractivity (Wildman–Crippen MR) is 73.9 cm³/mol. The average Bonchev–Trinajstić information content (AvgIpc) is 2.36. The molecule has 1 atom stereocenters. The fourth-order valence-corrected chi connectivity index (χ4v) is 1.43. The molecular weight excluding hydrogens is 256 g/mol. The van der Waals surface area contributed by atoms with Gasteiger partial charge in [0.1, 0.15) is 11.6 Å². The predicted octanol–water partition coefficient (Wildman–Crippen LogP) is 2.02. The van der Waals surface area contributed by atoms with Crippen LogP contribution in [0.2, 0.25) is 0 Å². The highest BCUT2D eigenvalue weighted by Gasteiger charge is 2.23. The van der Waals surface area contributed by atoms with Gasteiger partial charge in [0.25, 0.3) is 5.91 Å². The Labute approximate surface area is 118 Å². The third kappa shape index (κ3) is 4.73. The minimum atomic E-state index is -0.739. The van der Waals surface area contributed by atoms with Crippen LogP contribution >= 0.6 is 0 Å². The molecule has 106 valence electrons. The standard InChI is InChI=1S/C15H18N2O3/c1-10(14(19)20-15(2,3)4)17-13(18)12-7-5-11(9-16)6-8-12/h5-8,10H,1-4H3,(H,17,18)/t10-/m1/s1. The second kappa shape index (κ2) is 6.20. The highest BCUT2D eigenvalue weighted by molar-refractivity contribution is 5.96. The van der Waals surface area contributed by atoms with E-state index in [1.807, 2.05) is 6.07 Å². The van der Waals surface area contributed by atoms with Gasteiger partial charge >= 0.3 is 5.97 Å². The Kier molecular flexibility index (Phi) is 4.87. The first-order valence-corrected chi connectivity index (χ1v) is 6.27. The normalized spacial score (nSPS) is 12.2. The van der Waals surface area contributed by atoms with Gasteiger partial charge < -0.3 is 10.1 Å². The molecular formula is C15H18N2O3. The van der Waals surface area contributed by atoms with Gasteiger partial charge in [-0.1, -0.05) is 0 Å². The fraction of sp³-hybridized carbons (Fsp3) is 0.400. The van der Waals surface area contributed by atoms with Crippen LogP contribution in [0.25, 0.3) is 0 Å². The molecule has 0 bridgehead atoms. The van der Waals surface area contributed by atoms with E-state index in [1.54, 1.807) is 39.8 Å². The Bertz CT molecular complexity index is 536. The van der Waals surface area contributed by atoms with E-state index in [2.05, 4.69) is 5.32 Å². The van der Waals surface area contributed by atoms with E-state index in [1.165, 1.54) is 12.1 Å². The first kappa shape index (κ1) is 15.7. The third-order valence-electron chi connectivity index (χ3n) is 2.38. The number of benzene rings is 1. The SMILES string of the molecule is C[C@@H](NC(=O)c1ccc(C#N)cc1)C(=O)OC(C)(C)C. The molecule has 0 unspecified atom stereocenters. The highest BCUT2D eigenvalue weighted by Crippen LogP contribution is 2.09. The monoisotopic (exact) mass is 274 g/mol. The Balaban J connectivity index is 2.65. The molecule has 0 fully saturated rings. The molecule has 1 amide bonds. The molecule has 1 aromatic rings. The average molecular weight is 274 g/mol. The van der Waals surface area contributed by atoms with E-state index in [-0.39, 0.29) is 5.91 Å². The van der Waals surface area contributed by atoms with Gasteiger partial charge in [-0.2, -0.15) is 5.26 Å². The van der Waals surface area contributed by atoms with Crippen molar-refractivity contribution >= 4 is 11.9 Å². The maximum absolute atomic E-state index is 11.9. The summed E-state index contributed by atoms with van der Waals surface area (Å²) in [4.78, 5) is 23.7. The number of hydrogen-bond acceptors (Lipinski definition) is 4. The lowest BCUT2D eigenvalue weighted by molar-refractivity contribution is -0.156. The number of nitrogens with zero attached hydrogens (tertiary/aromatic N) is 1. The molecule has 0 aliphatic rings. The van der Waals surface area contributed by atoms with E-state index in [4.69, 9.17) is 10.00 Å². The number of ether oxygens (including phenoxy) is 1. The van der Waals surface area contributed by atoms with Crippen molar-refractivity contribution in [2.75, 3.05) is 0 Å². The molecule has 0 aromatic heterocycles. The van der Waals surface area contributed by atoms with Gasteiger partial charge in [0, 0.05) is 5.56 Å². The Morgan fingerprint density at radius 3 is 2.25 bits per heavy atom. The minimum absolute atomic E-state index is 0.382. The molecule has 1 rings (SSSR count). The van der Waals surface area contributed by atoms with Crippen molar-refractivity contribution in [1.29, 1.82) is 5.26 Å². The van der Waals surface area contributed by atoms with Crippen molar-refractivity contribution in [2.45, 2.75) is 39.3 Å². The Morgan fingerprint density at radius 1 is 1.25 bits per heavy atom. The molecule has 20 heavy (non-hydrogen) atoms. The lowest BCUT2D eigenvalue weighted by atomic mass is 10.1. The Hall–Kier alpha value is -2.35. The maximum Gasteiger partial charge on any atom is 0.328 e. The largest absolute Gasteiger partial charge is 0.458 e. The number of carbonyl (C=O) groups excluding carboxylic acids is 2. The lowest BCUT2D eigenvalue weighted by Gasteiger charge is -2.22. The van der Waals surface area contributed by atoms with Crippen LogP contribution in [0.1, 0.15) is 43.6 Å². The van der Waals surface area contributed by atoms with E-state index < -0.39 is 17.6 Å². The van der Waals surface area contributed by atoms with E-state index in [9.17, 15) is 9.59 Å². The number of esters is 1. The summed E-state index contributed by atoms with van der Waals surface area (Å²) < 4.78 is 5.18. The van der Waals surface area contributed by atoms with Crippen molar-refractivity contribution in [3.8, 4) is 6.07 Å². The summed E-state index contributed by atoms with van der Waals surface area (Å²) >= 11 is 0. The fourth-order valence-electron chi connectivity index (χ4n) is 1.43. The van der Waals surface area contributed by atoms with Crippen LogP contribution in [0.15, 0.2) is 24.3 Å². The minimum Gasteiger partial charge on any atom is -0.458 e. The first-order valence-electron chi connectivity index (χ1n) is 6.27. The first-order chi connectivity index (χ1) is 9.23. The van der Waals surface area contributed by atoms with Crippen LogP contribution in [0.3, 0.4) is 0 Å². The molecule has 0 spiro atoms. The smallest absolute Gasteiger partial charge is 0.328 e. The van der Waals surface area contributed by atoms with Crippen molar-refractivity contribution < 1.29 is 14.3 Å². The molecule has 0 radical (unpaired) electrons. The van der Waals surface area contributed by atoms with Crippen molar-refractivity contribution in [3.05, 3.63) is 35.4 Å². The molecule has 0 heterocycles.